The van der Waals surface area contributed by atoms with Crippen LogP contribution >= 0.6 is 0 Å². The molecule has 22 heavy (non-hydrogen) atoms. The first-order valence-corrected chi connectivity index (χ1v) is 8.02. The summed E-state index contributed by atoms with van der Waals surface area (Å²) >= 11 is 0. The lowest BCUT2D eigenvalue weighted by molar-refractivity contribution is -0.117. The maximum Gasteiger partial charge on any atom is 0.244 e. The zero-order chi connectivity index (χ0) is 15.8. The molecule has 1 aliphatic carbocycles. The summed E-state index contributed by atoms with van der Waals surface area (Å²) in [5, 5.41) is 3.07. The summed E-state index contributed by atoms with van der Waals surface area (Å²) in [6, 6.07) is 5.98. The van der Waals surface area contributed by atoms with Gasteiger partial charge >= 0.3 is 0 Å². The molecule has 0 aliphatic heterocycles. The number of hydrogen-bond acceptors (Lipinski definition) is 3. The predicted octanol–water partition coefficient (Wildman–Crippen LogP) is 3.56. The van der Waals surface area contributed by atoms with Crippen molar-refractivity contribution in [2.24, 2.45) is 0 Å². The van der Waals surface area contributed by atoms with Crippen molar-refractivity contribution < 1.29 is 14.3 Å². The Morgan fingerprint density at radius 3 is 2.73 bits per heavy atom. The summed E-state index contributed by atoms with van der Waals surface area (Å²) in [5.41, 5.74) is 0.916. The molecular weight excluding hydrogens is 278 g/mol. The van der Waals surface area contributed by atoms with E-state index in [1.165, 1.54) is 19.3 Å². The molecule has 1 fully saturated rings. The van der Waals surface area contributed by atoms with E-state index in [9.17, 15) is 4.79 Å². The Kier molecular flexibility index (Phi) is 6.31. The van der Waals surface area contributed by atoms with E-state index in [4.69, 9.17) is 9.47 Å². The molecule has 0 heterocycles. The number of amides is 1. The van der Waals surface area contributed by atoms with Gasteiger partial charge in [0.2, 0.25) is 5.91 Å². The van der Waals surface area contributed by atoms with E-state index >= 15 is 0 Å². The second kappa shape index (κ2) is 8.47. The van der Waals surface area contributed by atoms with Crippen LogP contribution in [0.15, 0.2) is 24.3 Å². The zero-order valence-corrected chi connectivity index (χ0v) is 13.4. The minimum absolute atomic E-state index is 0.0280. The minimum Gasteiger partial charge on any atom is -0.493 e. The van der Waals surface area contributed by atoms with Crippen molar-refractivity contribution in [3.8, 4) is 11.5 Å². The van der Waals surface area contributed by atoms with E-state index in [2.05, 4.69) is 5.32 Å². The lowest BCUT2D eigenvalue weighted by Crippen LogP contribution is -2.34. The first-order chi connectivity index (χ1) is 10.7. The van der Waals surface area contributed by atoms with Crippen LogP contribution in [0.5, 0.6) is 11.5 Å². The Bertz CT molecular complexity index is 519. The fourth-order valence-corrected chi connectivity index (χ4v) is 2.73. The summed E-state index contributed by atoms with van der Waals surface area (Å²) in [6.45, 7) is 2.53. The van der Waals surface area contributed by atoms with Crippen LogP contribution in [-0.2, 0) is 4.79 Å². The highest BCUT2D eigenvalue weighted by molar-refractivity contribution is 5.92. The van der Waals surface area contributed by atoms with E-state index in [1.54, 1.807) is 19.3 Å². The highest BCUT2D eigenvalue weighted by atomic mass is 16.5. The fourth-order valence-electron chi connectivity index (χ4n) is 2.73. The maximum atomic E-state index is 12.0. The van der Waals surface area contributed by atoms with Crippen LogP contribution in [0, 0.1) is 0 Å². The summed E-state index contributed by atoms with van der Waals surface area (Å²) < 4.78 is 10.8. The minimum atomic E-state index is -0.0280. The molecule has 2 rings (SSSR count). The van der Waals surface area contributed by atoms with Gasteiger partial charge in [-0.25, -0.2) is 0 Å². The van der Waals surface area contributed by atoms with Gasteiger partial charge in [0.05, 0.1) is 13.7 Å². The van der Waals surface area contributed by atoms with E-state index in [-0.39, 0.29) is 5.91 Å². The normalized spacial score (nSPS) is 15.7. The van der Waals surface area contributed by atoms with Crippen molar-refractivity contribution in [2.45, 2.75) is 45.1 Å². The number of hydrogen-bond donors (Lipinski definition) is 1. The van der Waals surface area contributed by atoms with Gasteiger partial charge in [-0.05, 0) is 43.5 Å². The van der Waals surface area contributed by atoms with E-state index < -0.39 is 0 Å². The summed E-state index contributed by atoms with van der Waals surface area (Å²) in [7, 11) is 1.61. The molecule has 1 aromatic rings. The molecule has 4 nitrogen and oxygen atoms in total. The van der Waals surface area contributed by atoms with Crippen LogP contribution in [0.4, 0.5) is 0 Å². The first-order valence-electron chi connectivity index (χ1n) is 8.02. The quantitative estimate of drug-likeness (QED) is 0.817. The highest BCUT2D eigenvalue weighted by Crippen LogP contribution is 2.28. The molecule has 0 atom stereocenters. The summed E-state index contributed by atoms with van der Waals surface area (Å²) in [4.78, 5) is 12.0. The van der Waals surface area contributed by atoms with Crippen molar-refractivity contribution in [1.82, 2.24) is 5.32 Å². The third kappa shape index (κ3) is 4.79. The van der Waals surface area contributed by atoms with E-state index in [1.807, 2.05) is 25.1 Å². The Labute approximate surface area is 132 Å². The van der Waals surface area contributed by atoms with Gasteiger partial charge in [-0.2, -0.15) is 0 Å². The van der Waals surface area contributed by atoms with E-state index in [0.717, 1.165) is 18.4 Å². The fraction of sp³-hybridized carbons (Fsp3) is 0.500. The zero-order valence-electron chi connectivity index (χ0n) is 13.4. The van der Waals surface area contributed by atoms with Crippen LogP contribution < -0.4 is 14.8 Å². The van der Waals surface area contributed by atoms with Gasteiger partial charge in [-0.15, -0.1) is 0 Å². The molecule has 120 valence electrons. The molecule has 1 aliphatic rings. The van der Waals surface area contributed by atoms with Gasteiger partial charge in [0.15, 0.2) is 11.5 Å². The van der Waals surface area contributed by atoms with Gasteiger partial charge in [-0.1, -0.05) is 25.3 Å². The van der Waals surface area contributed by atoms with Gasteiger partial charge in [-0.3, -0.25) is 4.79 Å². The molecule has 0 spiro atoms. The molecule has 0 bridgehead atoms. The molecule has 1 N–H and O–H groups in total. The highest BCUT2D eigenvalue weighted by Gasteiger charge is 2.14. The number of nitrogens with one attached hydrogen (secondary N) is 1. The average molecular weight is 303 g/mol. The lowest BCUT2D eigenvalue weighted by Gasteiger charge is -2.21. The Morgan fingerprint density at radius 2 is 2.05 bits per heavy atom. The van der Waals surface area contributed by atoms with Crippen LogP contribution in [0.25, 0.3) is 6.08 Å². The van der Waals surface area contributed by atoms with Crippen molar-refractivity contribution in [3.63, 3.8) is 0 Å². The smallest absolute Gasteiger partial charge is 0.244 e. The monoisotopic (exact) mass is 303 g/mol. The molecule has 1 aromatic carbocycles. The summed E-state index contributed by atoms with van der Waals surface area (Å²) in [6.07, 6.45) is 9.29. The number of ether oxygens (including phenoxy) is 2. The van der Waals surface area contributed by atoms with Crippen molar-refractivity contribution in [1.29, 1.82) is 0 Å². The lowest BCUT2D eigenvalue weighted by atomic mass is 9.95. The van der Waals surface area contributed by atoms with Crippen LogP contribution in [0.3, 0.4) is 0 Å². The van der Waals surface area contributed by atoms with Crippen LogP contribution in [0.1, 0.15) is 44.6 Å². The van der Waals surface area contributed by atoms with Gasteiger partial charge < -0.3 is 14.8 Å². The first kappa shape index (κ1) is 16.4. The number of carbonyl (C=O) groups excluding carboxylic acids is 1. The Balaban J connectivity index is 1.95. The molecular formula is C18H25NO3. The Hall–Kier alpha value is -1.97. The van der Waals surface area contributed by atoms with Crippen molar-refractivity contribution in [2.75, 3.05) is 13.7 Å². The summed E-state index contributed by atoms with van der Waals surface area (Å²) in [5.74, 6) is 1.37. The predicted molar refractivity (Wildman–Crippen MR) is 88.2 cm³/mol. The molecule has 1 saturated carbocycles. The average Bonchev–Trinajstić information content (AvgIpc) is 2.55. The van der Waals surface area contributed by atoms with Gasteiger partial charge in [0.25, 0.3) is 0 Å². The molecule has 0 saturated heterocycles. The van der Waals surface area contributed by atoms with Gasteiger partial charge in [0.1, 0.15) is 0 Å². The standard InChI is InChI=1S/C18H25NO3/c1-3-22-16-11-9-14(13-17(16)21-2)10-12-18(20)19-15-7-5-4-6-8-15/h9-13,15H,3-8H2,1-2H3,(H,19,20)/b12-10+. The maximum absolute atomic E-state index is 12.0. The largest absolute Gasteiger partial charge is 0.493 e. The van der Waals surface area contributed by atoms with Crippen molar-refractivity contribution >= 4 is 12.0 Å². The van der Waals surface area contributed by atoms with E-state index in [0.29, 0.717) is 24.1 Å². The number of carbonyl (C=O) groups is 1. The molecule has 1 amide bonds. The van der Waals surface area contributed by atoms with Crippen LogP contribution in [-0.4, -0.2) is 25.7 Å². The number of rotatable bonds is 6. The third-order valence-electron chi connectivity index (χ3n) is 3.87. The molecule has 4 heteroatoms. The molecule has 0 radical (unpaired) electrons. The topological polar surface area (TPSA) is 47.6 Å². The second-order valence-electron chi connectivity index (χ2n) is 5.52. The second-order valence-corrected chi connectivity index (χ2v) is 5.52. The molecule has 0 aromatic heterocycles. The number of methoxy groups -OCH3 is 1. The van der Waals surface area contributed by atoms with Crippen molar-refractivity contribution in [3.05, 3.63) is 29.8 Å². The Morgan fingerprint density at radius 1 is 1.27 bits per heavy atom. The van der Waals surface area contributed by atoms with Gasteiger partial charge in [0, 0.05) is 12.1 Å². The number of benzene rings is 1. The SMILES string of the molecule is CCOc1ccc(/C=C/C(=O)NC2CCCCC2)cc1OC. The third-order valence-corrected chi connectivity index (χ3v) is 3.87. The molecule has 0 unspecified atom stereocenters. The van der Waals surface area contributed by atoms with Crippen LogP contribution in [0.2, 0.25) is 0 Å².